The Morgan fingerprint density at radius 2 is 1.33 bits per heavy atom. The zero-order valence-electron chi connectivity index (χ0n) is 24.0. The summed E-state index contributed by atoms with van der Waals surface area (Å²) < 4.78 is 6.00. The van der Waals surface area contributed by atoms with Crippen LogP contribution in [0.4, 0.5) is 0 Å². The van der Waals surface area contributed by atoms with Crippen LogP contribution in [0, 0.1) is 6.33 Å². The molecule has 0 bridgehead atoms. The number of pyridine rings is 1. The number of aromatic nitrogens is 5. The van der Waals surface area contributed by atoms with Gasteiger partial charge in [-0.2, -0.15) is 5.10 Å². The van der Waals surface area contributed by atoms with Gasteiger partial charge < -0.3 is 5.11 Å². The number of rotatable bonds is 3. The molecule has 0 saturated heterocycles. The summed E-state index contributed by atoms with van der Waals surface area (Å²) in [7, 11) is 0. The zero-order chi connectivity index (χ0) is 29.9. The fraction of sp³-hybridized carbons (Fsp3) is 0. The van der Waals surface area contributed by atoms with Gasteiger partial charge in [-0.15, -0.1) is 0 Å². The maximum absolute atomic E-state index is 11.1. The van der Waals surface area contributed by atoms with Crippen LogP contribution >= 0.6 is 0 Å². The van der Waals surface area contributed by atoms with Crippen LogP contribution in [-0.2, 0) is 0 Å². The average Bonchev–Trinajstić information content (AvgIpc) is 3.71. The molecule has 1 aliphatic heterocycles. The molecule has 0 saturated carbocycles. The smallest absolute Gasteiger partial charge is 0.270 e. The average molecular weight is 580 g/mol. The number of phenolic OH excluding ortho intramolecular Hbond substituents is 1. The number of imidazole rings is 1. The van der Waals surface area contributed by atoms with E-state index in [1.165, 1.54) is 0 Å². The van der Waals surface area contributed by atoms with E-state index in [-0.39, 0.29) is 5.75 Å². The molecule has 0 aliphatic carbocycles. The molecule has 0 radical (unpaired) electrons. The van der Waals surface area contributed by atoms with Crippen LogP contribution in [0.1, 0.15) is 0 Å². The van der Waals surface area contributed by atoms with Crippen LogP contribution in [0.25, 0.3) is 72.9 Å². The van der Waals surface area contributed by atoms with Crippen molar-refractivity contribution in [2.24, 2.45) is 0 Å². The van der Waals surface area contributed by atoms with Crippen molar-refractivity contribution in [1.29, 1.82) is 0 Å². The molecule has 6 nitrogen and oxygen atoms in total. The van der Waals surface area contributed by atoms with Gasteiger partial charge in [-0.1, -0.05) is 97.1 Å². The van der Waals surface area contributed by atoms with Gasteiger partial charge in [0, 0.05) is 11.6 Å². The van der Waals surface area contributed by atoms with Crippen molar-refractivity contribution in [3.05, 3.63) is 152 Å². The number of hydrogen-bond acceptors (Lipinski definition) is 3. The Morgan fingerprint density at radius 1 is 0.644 bits per heavy atom. The first kappa shape index (κ1) is 25.2. The monoisotopic (exact) mass is 579 g/mol. The molecule has 6 heteroatoms. The van der Waals surface area contributed by atoms with E-state index in [0.717, 1.165) is 67.2 Å². The summed E-state index contributed by atoms with van der Waals surface area (Å²) in [6, 6.07) is 45.2. The topological polar surface area (TPSA) is 59.8 Å². The van der Waals surface area contributed by atoms with Crippen LogP contribution in [0.15, 0.2) is 146 Å². The molecule has 9 rings (SSSR count). The molecular formula is C39H25N5O. The normalized spacial score (nSPS) is 11.6. The lowest BCUT2D eigenvalue weighted by atomic mass is 9.87. The van der Waals surface area contributed by atoms with Gasteiger partial charge in [0.1, 0.15) is 11.4 Å². The zero-order valence-corrected chi connectivity index (χ0v) is 24.0. The fourth-order valence-corrected chi connectivity index (χ4v) is 6.52. The summed E-state index contributed by atoms with van der Waals surface area (Å²) in [6.07, 6.45) is 7.33. The summed E-state index contributed by atoms with van der Waals surface area (Å²) in [6.45, 7) is 0. The Bertz CT molecular complexity index is 2400. The summed E-state index contributed by atoms with van der Waals surface area (Å²) in [5.41, 5.74) is 11.7. The highest BCUT2D eigenvalue weighted by molar-refractivity contribution is 5.98. The van der Waals surface area contributed by atoms with Crippen LogP contribution in [0.5, 0.6) is 5.75 Å². The highest BCUT2D eigenvalue weighted by Gasteiger charge is 2.29. The number of nitrogens with zero attached hydrogens (tertiary/aromatic N) is 5. The fourth-order valence-electron chi connectivity index (χ4n) is 6.52. The number of para-hydroxylation sites is 2. The second kappa shape index (κ2) is 9.89. The molecule has 5 aromatic carbocycles. The van der Waals surface area contributed by atoms with E-state index in [0.29, 0.717) is 5.69 Å². The summed E-state index contributed by atoms with van der Waals surface area (Å²) in [5, 5.41) is 16.8. The molecular weight excluding hydrogens is 554 g/mol. The van der Waals surface area contributed by atoms with Crippen molar-refractivity contribution in [3.63, 3.8) is 0 Å². The maximum atomic E-state index is 11.1. The summed E-state index contributed by atoms with van der Waals surface area (Å²) >= 11 is 0. The highest BCUT2D eigenvalue weighted by atomic mass is 16.3. The standard InChI is InChI=1S/C39H25N5O/c45-36-19-9-8-18-34(36)42-25-43-35-23-28(44-39-27(24-41-44)13-10-22-40-39)20-21-32(35)30-15-5-4-14-29(30)31-16-6-7-17-33(31)38(43)37(42)26-11-2-1-3-12-26/h1-24,45H. The van der Waals surface area contributed by atoms with Gasteiger partial charge in [0.15, 0.2) is 5.65 Å². The number of hydrogen-bond donors (Lipinski definition) is 1. The number of aromatic hydroxyl groups is 1. The van der Waals surface area contributed by atoms with Crippen LogP contribution in [0.3, 0.4) is 0 Å². The minimum atomic E-state index is 0.175. The Morgan fingerprint density at radius 3 is 2.13 bits per heavy atom. The molecule has 1 N–H and O–H groups in total. The largest absolute Gasteiger partial charge is 0.511 e. The van der Waals surface area contributed by atoms with E-state index in [1.807, 2.05) is 64.0 Å². The van der Waals surface area contributed by atoms with E-state index in [4.69, 9.17) is 5.10 Å². The third-order valence-electron chi connectivity index (χ3n) is 8.53. The second-order valence-corrected chi connectivity index (χ2v) is 11.1. The molecule has 4 heterocycles. The molecule has 0 unspecified atom stereocenters. The van der Waals surface area contributed by atoms with Gasteiger partial charge in [0.2, 0.25) is 0 Å². The van der Waals surface area contributed by atoms with Crippen LogP contribution in [0.2, 0.25) is 0 Å². The SMILES string of the molecule is Oc1ccccc1-[n+]1[c-]n2c(c1-c1ccccc1)-c1ccccc1-c1ccccc1-c1ccc(-n3ncc4cccnc43)cc1-2. The Kier molecular flexibility index (Phi) is 5.55. The third-order valence-corrected chi connectivity index (χ3v) is 8.53. The molecule has 3 aromatic heterocycles. The Hall–Kier alpha value is -6.27. The first-order chi connectivity index (χ1) is 22.3. The van der Waals surface area contributed by atoms with Gasteiger partial charge in [0.25, 0.3) is 6.33 Å². The predicted octanol–water partition coefficient (Wildman–Crippen LogP) is 7.98. The quantitative estimate of drug-likeness (QED) is 0.171. The van der Waals surface area contributed by atoms with Crippen molar-refractivity contribution in [2.75, 3.05) is 0 Å². The first-order valence-electron chi connectivity index (χ1n) is 14.8. The van der Waals surface area contributed by atoms with Crippen molar-refractivity contribution in [3.8, 4) is 67.6 Å². The molecule has 45 heavy (non-hydrogen) atoms. The predicted molar refractivity (Wildman–Crippen MR) is 176 cm³/mol. The molecule has 1 aliphatic rings. The first-order valence-corrected chi connectivity index (χ1v) is 14.8. The Balaban J connectivity index is 1.45. The molecule has 0 amide bonds. The van der Waals surface area contributed by atoms with E-state index in [1.54, 1.807) is 12.3 Å². The van der Waals surface area contributed by atoms with Gasteiger partial charge in [0.05, 0.1) is 29.0 Å². The summed E-state index contributed by atoms with van der Waals surface area (Å²) in [4.78, 5) is 4.63. The number of phenols is 1. The lowest BCUT2D eigenvalue weighted by molar-refractivity contribution is -0.588. The van der Waals surface area contributed by atoms with Gasteiger partial charge in [-0.3, -0.25) is 9.13 Å². The van der Waals surface area contributed by atoms with Gasteiger partial charge in [-0.25, -0.2) is 9.67 Å². The minimum absolute atomic E-state index is 0.175. The number of fused-ring (bicyclic) bond motifs is 9. The van der Waals surface area contributed by atoms with Crippen molar-refractivity contribution >= 4 is 11.0 Å². The lowest BCUT2D eigenvalue weighted by Crippen LogP contribution is -2.31. The third kappa shape index (κ3) is 3.86. The van der Waals surface area contributed by atoms with Crippen LogP contribution < -0.4 is 4.57 Å². The van der Waals surface area contributed by atoms with E-state index in [2.05, 4.69) is 94.7 Å². The maximum Gasteiger partial charge on any atom is 0.270 e. The second-order valence-electron chi connectivity index (χ2n) is 11.1. The van der Waals surface area contributed by atoms with Crippen molar-refractivity contribution in [1.82, 2.24) is 19.3 Å². The van der Waals surface area contributed by atoms with Gasteiger partial charge >= 0.3 is 0 Å². The lowest BCUT2D eigenvalue weighted by Gasteiger charge is -2.23. The Labute approximate surface area is 259 Å². The van der Waals surface area contributed by atoms with E-state index >= 15 is 0 Å². The highest BCUT2D eigenvalue weighted by Crippen LogP contribution is 2.46. The molecule has 0 fully saturated rings. The van der Waals surface area contributed by atoms with Crippen molar-refractivity contribution in [2.45, 2.75) is 0 Å². The van der Waals surface area contributed by atoms with Crippen LogP contribution in [-0.4, -0.2) is 24.4 Å². The molecule has 212 valence electrons. The van der Waals surface area contributed by atoms with E-state index in [9.17, 15) is 5.11 Å². The molecule has 0 atom stereocenters. The number of benzene rings is 5. The molecule has 8 aromatic rings. The summed E-state index contributed by atoms with van der Waals surface area (Å²) in [5.74, 6) is 0.175. The minimum Gasteiger partial charge on any atom is -0.511 e. The van der Waals surface area contributed by atoms with E-state index < -0.39 is 0 Å². The molecule has 0 spiro atoms. The van der Waals surface area contributed by atoms with Gasteiger partial charge in [-0.05, 0) is 69.8 Å². The van der Waals surface area contributed by atoms with Crippen molar-refractivity contribution < 1.29 is 9.67 Å².